The zero-order chi connectivity index (χ0) is 30.7. The lowest BCUT2D eigenvalue weighted by atomic mass is 9.82. The second-order valence-corrected chi connectivity index (χ2v) is 17.7. The molecule has 1 heteroatoms. The van der Waals surface area contributed by atoms with E-state index in [2.05, 4.69) is 110 Å². The SMILES string of the molecule is CC(C)c1cccc(C(C)C)c1-c1cccc(-c2c(C(C)C)cccc2C(C)C)c1P(C1CCCCC1)C1CCCCC1. The minimum Gasteiger partial charge on any atom is -0.0676 e. The van der Waals surface area contributed by atoms with Crippen molar-refractivity contribution in [3.8, 4) is 22.3 Å². The van der Waals surface area contributed by atoms with Crippen LogP contribution in [-0.4, -0.2) is 11.3 Å². The van der Waals surface area contributed by atoms with Gasteiger partial charge in [-0.05, 0) is 110 Å². The molecule has 3 aromatic rings. The van der Waals surface area contributed by atoms with Gasteiger partial charge in [0, 0.05) is 0 Å². The van der Waals surface area contributed by atoms with E-state index in [0.717, 1.165) is 11.3 Å². The van der Waals surface area contributed by atoms with Gasteiger partial charge in [-0.15, -0.1) is 0 Å². The molecule has 0 N–H and O–H groups in total. The number of rotatable bonds is 9. The molecular weight excluding hydrogens is 535 g/mol. The Balaban J connectivity index is 1.92. The maximum atomic E-state index is 2.56. The van der Waals surface area contributed by atoms with Crippen LogP contribution in [0.25, 0.3) is 22.3 Å². The van der Waals surface area contributed by atoms with Crippen LogP contribution in [0.2, 0.25) is 0 Å². The third-order valence-electron chi connectivity index (χ3n) is 10.5. The molecule has 2 fully saturated rings. The summed E-state index contributed by atoms with van der Waals surface area (Å²) >= 11 is 0. The van der Waals surface area contributed by atoms with Crippen LogP contribution in [0.3, 0.4) is 0 Å². The number of hydrogen-bond donors (Lipinski definition) is 0. The minimum atomic E-state index is -0.308. The van der Waals surface area contributed by atoms with Crippen LogP contribution < -0.4 is 5.30 Å². The van der Waals surface area contributed by atoms with E-state index in [1.807, 2.05) is 0 Å². The first-order valence-corrected chi connectivity index (χ1v) is 19.4. The maximum Gasteiger partial charge on any atom is -0.00783 e. The molecule has 0 atom stereocenters. The van der Waals surface area contributed by atoms with Gasteiger partial charge in [0.15, 0.2) is 0 Å². The summed E-state index contributed by atoms with van der Waals surface area (Å²) in [4.78, 5) is 0. The zero-order valence-electron chi connectivity index (χ0n) is 28.7. The van der Waals surface area contributed by atoms with Crippen molar-refractivity contribution in [1.29, 1.82) is 0 Å². The smallest absolute Gasteiger partial charge is 0.00783 e. The monoisotopic (exact) mass is 594 g/mol. The van der Waals surface area contributed by atoms with E-state index in [1.165, 1.54) is 86.5 Å². The molecule has 2 aliphatic carbocycles. The predicted molar refractivity (Wildman–Crippen MR) is 194 cm³/mol. The summed E-state index contributed by atoms with van der Waals surface area (Å²) in [6.45, 7) is 19.2. The number of benzene rings is 3. The highest BCUT2D eigenvalue weighted by atomic mass is 31.1. The normalized spacial score (nSPS) is 17.2. The highest BCUT2D eigenvalue weighted by Crippen LogP contribution is 2.59. The summed E-state index contributed by atoms with van der Waals surface area (Å²) in [6, 6.07) is 21.9. The first kappa shape index (κ1) is 32.5. The standard InChI is InChI=1S/C42H59P/c1-28(2)34-22-15-23-35(29(3)4)40(34)38-26-17-27-39(41-36(30(5)6)24-16-25-37(41)31(7)8)42(38)43(32-18-11-9-12-19-32)33-20-13-10-14-21-33/h15-17,22-33H,9-14,18-21H2,1-8H3. The molecule has 5 rings (SSSR count). The fourth-order valence-electron chi connectivity index (χ4n) is 8.33. The minimum absolute atomic E-state index is 0.308. The van der Waals surface area contributed by atoms with E-state index < -0.39 is 0 Å². The van der Waals surface area contributed by atoms with Gasteiger partial charge in [0.2, 0.25) is 0 Å². The predicted octanol–water partition coefficient (Wildman–Crippen LogP) is 13.3. The average molecular weight is 595 g/mol. The molecule has 2 saturated carbocycles. The molecule has 3 aromatic carbocycles. The van der Waals surface area contributed by atoms with Gasteiger partial charge in [-0.1, -0.05) is 156 Å². The van der Waals surface area contributed by atoms with Crippen molar-refractivity contribution < 1.29 is 0 Å². The summed E-state index contributed by atoms with van der Waals surface area (Å²) in [6.07, 6.45) is 14.3. The van der Waals surface area contributed by atoms with Crippen LogP contribution in [0, 0.1) is 0 Å². The molecule has 0 saturated heterocycles. The second-order valence-electron chi connectivity index (χ2n) is 14.9. The van der Waals surface area contributed by atoms with Gasteiger partial charge >= 0.3 is 0 Å². The van der Waals surface area contributed by atoms with Crippen molar-refractivity contribution in [2.24, 2.45) is 0 Å². The van der Waals surface area contributed by atoms with Crippen LogP contribution >= 0.6 is 7.92 Å². The van der Waals surface area contributed by atoms with E-state index in [9.17, 15) is 0 Å². The summed E-state index contributed by atoms with van der Waals surface area (Å²) in [7, 11) is -0.308. The molecule has 0 amide bonds. The van der Waals surface area contributed by atoms with Gasteiger partial charge in [0.05, 0.1) is 0 Å². The molecule has 0 radical (unpaired) electrons. The third kappa shape index (κ3) is 6.86. The van der Waals surface area contributed by atoms with Crippen LogP contribution in [0.4, 0.5) is 0 Å². The van der Waals surface area contributed by atoms with E-state index >= 15 is 0 Å². The Kier molecular flexibility index (Phi) is 10.9. The molecule has 0 unspecified atom stereocenters. The topological polar surface area (TPSA) is 0 Å². The van der Waals surface area contributed by atoms with Crippen LogP contribution in [0.15, 0.2) is 54.6 Å². The van der Waals surface area contributed by atoms with E-state index in [0.29, 0.717) is 23.7 Å². The highest BCUT2D eigenvalue weighted by Gasteiger charge is 2.37. The first-order chi connectivity index (χ1) is 20.7. The molecule has 0 spiro atoms. The molecule has 43 heavy (non-hydrogen) atoms. The Labute approximate surface area is 266 Å². The zero-order valence-corrected chi connectivity index (χ0v) is 29.6. The van der Waals surface area contributed by atoms with Gasteiger partial charge in [0.1, 0.15) is 0 Å². The fourth-order valence-corrected chi connectivity index (χ4v) is 12.4. The lowest BCUT2D eigenvalue weighted by molar-refractivity contribution is 0.487. The van der Waals surface area contributed by atoms with Crippen molar-refractivity contribution in [2.45, 2.75) is 155 Å². The van der Waals surface area contributed by atoms with Gasteiger partial charge in [-0.3, -0.25) is 0 Å². The lowest BCUT2D eigenvalue weighted by Gasteiger charge is -2.41. The molecule has 0 heterocycles. The second kappa shape index (κ2) is 14.5. The fraction of sp³-hybridized carbons (Fsp3) is 0.571. The molecule has 232 valence electrons. The van der Waals surface area contributed by atoms with Crippen molar-refractivity contribution in [1.82, 2.24) is 0 Å². The van der Waals surface area contributed by atoms with E-state index in [-0.39, 0.29) is 7.92 Å². The van der Waals surface area contributed by atoms with E-state index in [4.69, 9.17) is 0 Å². The molecule has 0 bridgehead atoms. The first-order valence-electron chi connectivity index (χ1n) is 17.9. The van der Waals surface area contributed by atoms with Crippen molar-refractivity contribution in [3.63, 3.8) is 0 Å². The van der Waals surface area contributed by atoms with Gasteiger partial charge < -0.3 is 0 Å². The Morgan fingerprint density at radius 1 is 0.442 bits per heavy atom. The van der Waals surface area contributed by atoms with Crippen molar-refractivity contribution >= 4 is 13.2 Å². The van der Waals surface area contributed by atoms with Crippen molar-refractivity contribution in [3.05, 3.63) is 76.9 Å². The Morgan fingerprint density at radius 2 is 0.744 bits per heavy atom. The Hall–Kier alpha value is -1.91. The highest BCUT2D eigenvalue weighted by molar-refractivity contribution is 7.67. The average Bonchev–Trinajstić information content (AvgIpc) is 3.01. The van der Waals surface area contributed by atoms with Crippen LogP contribution in [-0.2, 0) is 0 Å². The Bertz CT molecular complexity index is 1200. The summed E-state index contributed by atoms with van der Waals surface area (Å²) < 4.78 is 0. The summed E-state index contributed by atoms with van der Waals surface area (Å²) in [5, 5.41) is 1.78. The third-order valence-corrected chi connectivity index (χ3v) is 14.1. The van der Waals surface area contributed by atoms with Crippen LogP contribution in [0.5, 0.6) is 0 Å². The lowest BCUT2D eigenvalue weighted by Crippen LogP contribution is -2.29. The van der Waals surface area contributed by atoms with Gasteiger partial charge in [-0.2, -0.15) is 0 Å². The Morgan fingerprint density at radius 3 is 1.05 bits per heavy atom. The van der Waals surface area contributed by atoms with Gasteiger partial charge in [0.25, 0.3) is 0 Å². The molecule has 0 aliphatic heterocycles. The molecule has 2 aliphatic rings. The largest absolute Gasteiger partial charge is 0.0676 e. The quantitative estimate of drug-likeness (QED) is 0.216. The maximum absolute atomic E-state index is 2.56. The summed E-state index contributed by atoms with van der Waals surface area (Å²) in [5.41, 5.74) is 14.2. The van der Waals surface area contributed by atoms with Gasteiger partial charge in [-0.25, -0.2) is 0 Å². The summed E-state index contributed by atoms with van der Waals surface area (Å²) in [5.74, 6) is 1.98. The van der Waals surface area contributed by atoms with Crippen LogP contribution in [0.1, 0.15) is 166 Å². The van der Waals surface area contributed by atoms with Crippen molar-refractivity contribution in [2.75, 3.05) is 0 Å². The molecular formula is C42H59P. The molecule has 0 nitrogen and oxygen atoms in total. The molecule has 0 aromatic heterocycles. The number of hydrogen-bond acceptors (Lipinski definition) is 0. The van der Waals surface area contributed by atoms with E-state index in [1.54, 1.807) is 27.6 Å².